The molecular weight excluding hydrogens is 479 g/mol. The summed E-state index contributed by atoms with van der Waals surface area (Å²) in [5.74, 6) is -0.597. The number of anilines is 1. The van der Waals surface area contributed by atoms with Gasteiger partial charge in [-0.15, -0.1) is 0 Å². The number of aliphatic hydroxyl groups is 1. The summed E-state index contributed by atoms with van der Waals surface area (Å²) in [5.41, 5.74) is 4.55. The van der Waals surface area contributed by atoms with Crippen molar-refractivity contribution >= 4 is 46.3 Å². The smallest absolute Gasteiger partial charge is 0.161 e. The number of aryl methyl sites for hydroxylation is 1. The third-order valence-corrected chi connectivity index (χ3v) is 7.44. The Hall–Kier alpha value is -3.34. The fourth-order valence-electron chi connectivity index (χ4n) is 4.97. The van der Waals surface area contributed by atoms with E-state index in [0.717, 1.165) is 11.3 Å². The summed E-state index contributed by atoms with van der Waals surface area (Å²) in [4.78, 5) is 15.3. The molecule has 0 saturated heterocycles. The maximum atomic E-state index is 13.5. The summed E-state index contributed by atoms with van der Waals surface area (Å²) < 4.78 is 0. The molecule has 2 aliphatic rings. The number of nitrogens with one attached hydrogen (secondary N) is 1. The van der Waals surface area contributed by atoms with Gasteiger partial charge in [0.1, 0.15) is 11.6 Å². The van der Waals surface area contributed by atoms with Crippen molar-refractivity contribution < 1.29 is 9.90 Å². The topological polar surface area (TPSA) is 64.4 Å². The Balaban J connectivity index is 1.85. The van der Waals surface area contributed by atoms with E-state index in [0.29, 0.717) is 57.3 Å². The van der Waals surface area contributed by atoms with Gasteiger partial charge in [-0.2, -0.15) is 0 Å². The minimum absolute atomic E-state index is 0.00485. The van der Waals surface area contributed by atoms with E-state index in [9.17, 15) is 15.3 Å². The van der Waals surface area contributed by atoms with Gasteiger partial charge in [-0.25, -0.2) is 0 Å². The van der Waals surface area contributed by atoms with Crippen LogP contribution in [0.3, 0.4) is 0 Å². The number of carbonyl (C=O) groups is 1. The van der Waals surface area contributed by atoms with Crippen molar-refractivity contribution in [2.24, 2.45) is 0 Å². The molecule has 0 saturated carbocycles. The molecule has 1 atom stereocenters. The molecule has 5 rings (SSSR count). The maximum absolute atomic E-state index is 13.5. The first-order valence-electron chi connectivity index (χ1n) is 11.5. The van der Waals surface area contributed by atoms with Crippen molar-refractivity contribution in [3.05, 3.63) is 116 Å². The normalized spacial score (nSPS) is 19.6. The summed E-state index contributed by atoms with van der Waals surface area (Å²) in [6.07, 6.45) is 1.74. The number of hydrogen-bond acceptors (Lipinski definition) is 3. The molecule has 2 N–H and O–H groups in total. The second-order valence-corrected chi connectivity index (χ2v) is 9.65. The number of ketones is 1. The van der Waals surface area contributed by atoms with E-state index < -0.39 is 5.92 Å². The van der Waals surface area contributed by atoms with Gasteiger partial charge in [0.05, 0.1) is 0 Å². The fourth-order valence-corrected chi connectivity index (χ4v) is 5.39. The van der Waals surface area contributed by atoms with Crippen molar-refractivity contribution in [2.45, 2.75) is 32.1 Å². The number of benzene rings is 3. The molecule has 0 amide bonds. The SMILES string of the molecule is Cc1ccc(N2C(=N)C(=C(O)c3ccccc3)[C@H](c3ccccc3Cl)C3=C2CCCC3=O)cc1Cl. The fraction of sp³-hybridized carbons (Fsp3) is 0.172. The lowest BCUT2D eigenvalue weighted by Crippen LogP contribution is -2.42. The van der Waals surface area contributed by atoms with Crippen LogP contribution in [0, 0.1) is 12.3 Å². The van der Waals surface area contributed by atoms with Crippen molar-refractivity contribution in [1.82, 2.24) is 0 Å². The van der Waals surface area contributed by atoms with Gasteiger partial charge < -0.3 is 5.11 Å². The van der Waals surface area contributed by atoms with Gasteiger partial charge in [0, 0.05) is 50.5 Å². The number of hydrogen-bond donors (Lipinski definition) is 2. The molecule has 4 nitrogen and oxygen atoms in total. The molecule has 1 aliphatic heterocycles. The molecule has 3 aromatic carbocycles. The molecule has 3 aromatic rings. The lowest BCUT2D eigenvalue weighted by atomic mass is 9.73. The number of Topliss-reactive ketones (excluding diaryl/α,β-unsaturated/α-hetero) is 1. The van der Waals surface area contributed by atoms with Gasteiger partial charge in [0.2, 0.25) is 0 Å². The third kappa shape index (κ3) is 4.07. The van der Waals surface area contributed by atoms with Crippen molar-refractivity contribution in [1.29, 1.82) is 5.41 Å². The Bertz CT molecular complexity index is 1410. The number of rotatable bonds is 3. The Labute approximate surface area is 214 Å². The van der Waals surface area contributed by atoms with Crippen LogP contribution in [0.4, 0.5) is 5.69 Å². The first-order valence-corrected chi connectivity index (χ1v) is 12.3. The van der Waals surface area contributed by atoms with E-state index >= 15 is 0 Å². The van der Waals surface area contributed by atoms with Gasteiger partial charge in [0.15, 0.2) is 5.78 Å². The van der Waals surface area contributed by atoms with Gasteiger partial charge >= 0.3 is 0 Å². The predicted octanol–water partition coefficient (Wildman–Crippen LogP) is 7.86. The van der Waals surface area contributed by atoms with E-state index in [2.05, 4.69) is 0 Å². The van der Waals surface area contributed by atoms with Crippen LogP contribution < -0.4 is 4.90 Å². The lowest BCUT2D eigenvalue weighted by molar-refractivity contribution is -0.116. The number of allylic oxidation sites excluding steroid dienone is 2. The molecule has 6 heteroatoms. The lowest BCUT2D eigenvalue weighted by Gasteiger charge is -2.42. The van der Waals surface area contributed by atoms with Crippen molar-refractivity contribution in [3.63, 3.8) is 0 Å². The van der Waals surface area contributed by atoms with Crippen LogP contribution in [-0.2, 0) is 4.79 Å². The Kier molecular flexibility index (Phi) is 6.26. The van der Waals surface area contributed by atoms with Crippen molar-refractivity contribution in [2.75, 3.05) is 4.90 Å². The molecular formula is C29H24Cl2N2O2. The number of aliphatic hydroxyl groups excluding tert-OH is 1. The van der Waals surface area contributed by atoms with Crippen LogP contribution in [0.5, 0.6) is 0 Å². The van der Waals surface area contributed by atoms with Crippen LogP contribution in [0.1, 0.15) is 41.9 Å². The highest BCUT2D eigenvalue weighted by Crippen LogP contribution is 2.49. The third-order valence-electron chi connectivity index (χ3n) is 6.69. The highest BCUT2D eigenvalue weighted by Gasteiger charge is 2.43. The molecule has 0 bridgehead atoms. The maximum Gasteiger partial charge on any atom is 0.161 e. The summed E-state index contributed by atoms with van der Waals surface area (Å²) in [6, 6.07) is 22.0. The van der Waals surface area contributed by atoms with E-state index in [1.807, 2.05) is 61.5 Å². The monoisotopic (exact) mass is 502 g/mol. The van der Waals surface area contributed by atoms with E-state index in [1.54, 1.807) is 23.1 Å². The van der Waals surface area contributed by atoms with Crippen molar-refractivity contribution in [3.8, 4) is 0 Å². The largest absolute Gasteiger partial charge is 0.507 e. The predicted molar refractivity (Wildman–Crippen MR) is 142 cm³/mol. The zero-order valence-electron chi connectivity index (χ0n) is 19.2. The first kappa shape index (κ1) is 23.4. The van der Waals surface area contributed by atoms with Crippen LogP contribution in [-0.4, -0.2) is 16.7 Å². The number of nitrogens with zero attached hydrogens (tertiary/aromatic N) is 1. The van der Waals surface area contributed by atoms with E-state index in [-0.39, 0.29) is 17.4 Å². The Morgan fingerprint density at radius 3 is 2.40 bits per heavy atom. The van der Waals surface area contributed by atoms with E-state index in [4.69, 9.17) is 23.2 Å². The molecule has 0 unspecified atom stereocenters. The summed E-state index contributed by atoms with van der Waals surface area (Å²) in [5, 5.41) is 22.0. The molecule has 35 heavy (non-hydrogen) atoms. The molecule has 0 aromatic heterocycles. The zero-order chi connectivity index (χ0) is 24.7. The van der Waals surface area contributed by atoms with Crippen LogP contribution >= 0.6 is 23.2 Å². The molecule has 1 aliphatic carbocycles. The molecule has 1 heterocycles. The Morgan fingerprint density at radius 1 is 0.971 bits per heavy atom. The first-order chi connectivity index (χ1) is 16.9. The van der Waals surface area contributed by atoms with E-state index in [1.165, 1.54) is 0 Å². The number of amidine groups is 1. The average Bonchev–Trinajstić information content (AvgIpc) is 2.86. The van der Waals surface area contributed by atoms with Crippen LogP contribution in [0.2, 0.25) is 10.0 Å². The minimum atomic E-state index is -0.656. The molecule has 0 spiro atoms. The van der Waals surface area contributed by atoms with Gasteiger partial charge in [-0.1, -0.05) is 77.8 Å². The van der Waals surface area contributed by atoms with Crippen LogP contribution in [0.25, 0.3) is 5.76 Å². The standard InChI is InChI=1S/C29H24Cl2N2O2/c1-17-14-15-19(16-22(17)31)33-23-12-7-13-24(34)26(23)25(20-10-5-6-11-21(20)30)27(29(33)32)28(35)18-8-3-2-4-9-18/h2-6,8-11,14-16,25,32,35H,7,12-13H2,1H3/t25-/m1/s1. The Morgan fingerprint density at radius 2 is 1.69 bits per heavy atom. The quantitative estimate of drug-likeness (QED) is 0.358. The number of carbonyl (C=O) groups excluding carboxylic acids is 1. The van der Waals surface area contributed by atoms with Gasteiger partial charge in [-0.05, 0) is 49.1 Å². The highest BCUT2D eigenvalue weighted by molar-refractivity contribution is 6.32. The average molecular weight is 503 g/mol. The highest BCUT2D eigenvalue weighted by atomic mass is 35.5. The minimum Gasteiger partial charge on any atom is -0.507 e. The molecule has 0 fully saturated rings. The molecule has 176 valence electrons. The van der Waals surface area contributed by atoms with Crippen LogP contribution in [0.15, 0.2) is 89.6 Å². The van der Waals surface area contributed by atoms with Gasteiger partial charge in [-0.3, -0.25) is 15.1 Å². The summed E-state index contributed by atoms with van der Waals surface area (Å²) in [7, 11) is 0. The van der Waals surface area contributed by atoms with Gasteiger partial charge in [0.25, 0.3) is 0 Å². The number of halogens is 2. The molecule has 0 radical (unpaired) electrons. The second kappa shape index (κ2) is 9.37. The second-order valence-electron chi connectivity index (χ2n) is 8.84. The zero-order valence-corrected chi connectivity index (χ0v) is 20.7. The summed E-state index contributed by atoms with van der Waals surface area (Å²) >= 11 is 13.1. The summed E-state index contributed by atoms with van der Waals surface area (Å²) in [6.45, 7) is 1.92.